The van der Waals surface area contributed by atoms with E-state index in [0.29, 0.717) is 5.92 Å². The number of benzene rings is 1. The summed E-state index contributed by atoms with van der Waals surface area (Å²) in [6.45, 7) is 5.99. The summed E-state index contributed by atoms with van der Waals surface area (Å²) in [5, 5.41) is 5.44. The Hall–Kier alpha value is -1.65. The predicted octanol–water partition coefficient (Wildman–Crippen LogP) is 3.88. The number of hydrogen-bond acceptors (Lipinski definition) is 3. The minimum absolute atomic E-state index is 0.195. The second kappa shape index (κ2) is 7.75. The van der Waals surface area contributed by atoms with Gasteiger partial charge in [0.2, 0.25) is 0 Å². The van der Waals surface area contributed by atoms with Crippen LogP contribution in [0.5, 0.6) is 0 Å². The molecule has 0 saturated carbocycles. The molecule has 0 bridgehead atoms. The van der Waals surface area contributed by atoms with Crippen molar-refractivity contribution < 1.29 is 4.79 Å². The van der Waals surface area contributed by atoms with E-state index in [0.717, 1.165) is 55.0 Å². The van der Waals surface area contributed by atoms with E-state index in [2.05, 4.69) is 30.4 Å². The zero-order valence-corrected chi connectivity index (χ0v) is 14.4. The second-order valence-electron chi connectivity index (χ2n) is 6.07. The molecule has 0 spiro atoms. The van der Waals surface area contributed by atoms with Crippen molar-refractivity contribution in [1.29, 1.82) is 0 Å². The highest BCUT2D eigenvalue weighted by Crippen LogP contribution is 2.30. The van der Waals surface area contributed by atoms with Crippen LogP contribution < -0.4 is 5.32 Å². The molecule has 4 heteroatoms. The van der Waals surface area contributed by atoms with Gasteiger partial charge in [-0.2, -0.15) is 0 Å². The van der Waals surface area contributed by atoms with Crippen molar-refractivity contribution in [2.45, 2.75) is 19.8 Å². The number of rotatable bonds is 5. The van der Waals surface area contributed by atoms with E-state index in [1.165, 1.54) is 0 Å². The van der Waals surface area contributed by atoms with Gasteiger partial charge in [-0.05, 0) is 48.9 Å². The summed E-state index contributed by atoms with van der Waals surface area (Å²) in [6.07, 6.45) is 2.20. The fraction of sp³-hybridized carbons (Fsp3) is 0.421. The van der Waals surface area contributed by atoms with Crippen molar-refractivity contribution in [3.63, 3.8) is 0 Å². The second-order valence-corrected chi connectivity index (χ2v) is 6.99. The van der Waals surface area contributed by atoms with Crippen LogP contribution in [-0.2, 0) is 0 Å². The average molecular weight is 328 g/mol. The topological polar surface area (TPSA) is 32.3 Å². The summed E-state index contributed by atoms with van der Waals surface area (Å²) in [5.74, 6) is 0.900. The zero-order chi connectivity index (χ0) is 16.1. The minimum atomic E-state index is 0.195. The Kier molecular flexibility index (Phi) is 5.47. The number of hydrogen-bond donors (Lipinski definition) is 1. The van der Waals surface area contributed by atoms with E-state index in [-0.39, 0.29) is 5.91 Å². The fourth-order valence-corrected chi connectivity index (χ4v) is 4.04. The molecule has 0 unspecified atom stereocenters. The Morgan fingerprint density at radius 2 is 1.96 bits per heavy atom. The van der Waals surface area contributed by atoms with Crippen LogP contribution in [-0.4, -0.2) is 37.0 Å². The molecule has 23 heavy (non-hydrogen) atoms. The number of amides is 1. The summed E-state index contributed by atoms with van der Waals surface area (Å²) >= 11 is 1.56. The van der Waals surface area contributed by atoms with Crippen molar-refractivity contribution in [1.82, 2.24) is 10.2 Å². The lowest BCUT2D eigenvalue weighted by Gasteiger charge is -2.32. The molecular formula is C19H24N2OS. The molecule has 3 rings (SSSR count). The normalized spacial score (nSPS) is 15.8. The maximum atomic E-state index is 12.9. The Morgan fingerprint density at radius 3 is 2.65 bits per heavy atom. The monoisotopic (exact) mass is 328 g/mol. The van der Waals surface area contributed by atoms with Gasteiger partial charge in [0.15, 0.2) is 0 Å². The molecule has 1 amide bonds. The van der Waals surface area contributed by atoms with Crippen LogP contribution in [0.15, 0.2) is 41.8 Å². The highest BCUT2D eigenvalue weighted by molar-refractivity contribution is 7.12. The number of likely N-dealkylation sites (tertiary alicyclic amines) is 1. The van der Waals surface area contributed by atoms with Gasteiger partial charge in [-0.25, -0.2) is 0 Å². The average Bonchev–Trinajstić information content (AvgIpc) is 3.10. The number of thiophene rings is 1. The first kappa shape index (κ1) is 16.2. The molecule has 2 aromatic rings. The first-order valence-electron chi connectivity index (χ1n) is 8.42. The van der Waals surface area contributed by atoms with E-state index >= 15 is 0 Å². The number of nitrogens with zero attached hydrogens (tertiary/aromatic N) is 1. The maximum Gasteiger partial charge on any atom is 0.264 e. The summed E-state index contributed by atoms with van der Waals surface area (Å²) in [7, 11) is 0. The zero-order valence-electron chi connectivity index (χ0n) is 13.6. The summed E-state index contributed by atoms with van der Waals surface area (Å²) in [5.41, 5.74) is 2.19. The third-order valence-corrected chi connectivity index (χ3v) is 5.43. The van der Waals surface area contributed by atoms with Crippen LogP contribution in [0, 0.1) is 5.92 Å². The lowest BCUT2D eigenvalue weighted by Crippen LogP contribution is -2.40. The maximum absolute atomic E-state index is 12.9. The molecule has 1 aromatic heterocycles. The SMILES string of the molecule is CCNCC1CCN(C(=O)c2sccc2-c2ccccc2)CC1. The summed E-state index contributed by atoms with van der Waals surface area (Å²) in [6, 6.07) is 12.3. The van der Waals surface area contributed by atoms with Gasteiger partial charge in [0.25, 0.3) is 5.91 Å². The number of piperidine rings is 1. The van der Waals surface area contributed by atoms with Crippen molar-refractivity contribution >= 4 is 17.2 Å². The van der Waals surface area contributed by atoms with E-state index in [4.69, 9.17) is 0 Å². The largest absolute Gasteiger partial charge is 0.338 e. The van der Waals surface area contributed by atoms with Crippen molar-refractivity contribution in [2.75, 3.05) is 26.2 Å². The molecule has 1 aliphatic heterocycles. The molecule has 0 radical (unpaired) electrons. The van der Waals surface area contributed by atoms with Gasteiger partial charge in [0.05, 0.1) is 4.88 Å². The first-order chi connectivity index (χ1) is 11.3. The Balaban J connectivity index is 1.67. The number of carbonyl (C=O) groups is 1. The van der Waals surface area contributed by atoms with Crippen molar-refractivity contribution in [3.05, 3.63) is 46.7 Å². The fourth-order valence-electron chi connectivity index (χ4n) is 3.15. The number of nitrogens with one attached hydrogen (secondary N) is 1. The molecule has 2 heterocycles. The molecule has 1 aliphatic rings. The smallest absolute Gasteiger partial charge is 0.264 e. The van der Waals surface area contributed by atoms with Crippen LogP contribution >= 0.6 is 11.3 Å². The lowest BCUT2D eigenvalue weighted by atomic mass is 9.96. The highest BCUT2D eigenvalue weighted by atomic mass is 32.1. The Morgan fingerprint density at radius 1 is 1.22 bits per heavy atom. The van der Waals surface area contributed by atoms with E-state index in [9.17, 15) is 4.79 Å². The van der Waals surface area contributed by atoms with Crippen molar-refractivity contribution in [3.8, 4) is 11.1 Å². The molecule has 0 aliphatic carbocycles. The summed E-state index contributed by atoms with van der Waals surface area (Å²) < 4.78 is 0. The molecular weight excluding hydrogens is 304 g/mol. The number of carbonyl (C=O) groups excluding carboxylic acids is 1. The molecule has 1 fully saturated rings. The van der Waals surface area contributed by atoms with Crippen LogP contribution in [0.2, 0.25) is 0 Å². The van der Waals surface area contributed by atoms with Crippen LogP contribution in [0.1, 0.15) is 29.4 Å². The minimum Gasteiger partial charge on any atom is -0.338 e. The van der Waals surface area contributed by atoms with Gasteiger partial charge in [-0.15, -0.1) is 11.3 Å². The standard InChI is InChI=1S/C19H24N2OS/c1-2-20-14-15-8-11-21(12-9-15)19(22)18-17(10-13-23-18)16-6-4-3-5-7-16/h3-7,10,13,15,20H,2,8-9,11-12,14H2,1H3. The van der Waals surface area contributed by atoms with Crippen molar-refractivity contribution in [2.24, 2.45) is 5.92 Å². The first-order valence-corrected chi connectivity index (χ1v) is 9.30. The third-order valence-electron chi connectivity index (χ3n) is 4.53. The third kappa shape index (κ3) is 3.82. The van der Waals surface area contributed by atoms with E-state index in [1.807, 2.05) is 28.5 Å². The predicted molar refractivity (Wildman–Crippen MR) is 96.9 cm³/mol. The van der Waals surface area contributed by atoms with Gasteiger partial charge >= 0.3 is 0 Å². The quantitative estimate of drug-likeness (QED) is 0.903. The molecule has 1 aromatic carbocycles. The lowest BCUT2D eigenvalue weighted by molar-refractivity contribution is 0.0696. The summed E-state index contributed by atoms with van der Waals surface area (Å²) in [4.78, 5) is 15.8. The van der Waals surface area contributed by atoms with Gasteiger partial charge < -0.3 is 10.2 Å². The van der Waals surface area contributed by atoms with Gasteiger partial charge in [0.1, 0.15) is 0 Å². The van der Waals surface area contributed by atoms with Gasteiger partial charge in [-0.3, -0.25) is 4.79 Å². The Labute approximate surface area is 142 Å². The van der Waals surface area contributed by atoms with Crippen LogP contribution in [0.25, 0.3) is 11.1 Å². The van der Waals surface area contributed by atoms with Gasteiger partial charge in [0, 0.05) is 18.7 Å². The van der Waals surface area contributed by atoms with Crippen LogP contribution in [0.3, 0.4) is 0 Å². The molecule has 122 valence electrons. The molecule has 0 atom stereocenters. The highest BCUT2D eigenvalue weighted by Gasteiger charge is 2.25. The van der Waals surface area contributed by atoms with E-state index in [1.54, 1.807) is 11.3 Å². The molecule has 1 saturated heterocycles. The van der Waals surface area contributed by atoms with E-state index < -0.39 is 0 Å². The molecule has 1 N–H and O–H groups in total. The van der Waals surface area contributed by atoms with Crippen LogP contribution in [0.4, 0.5) is 0 Å². The Bertz CT molecular complexity index is 630. The molecule has 3 nitrogen and oxygen atoms in total. The van der Waals surface area contributed by atoms with Gasteiger partial charge in [-0.1, -0.05) is 37.3 Å².